The van der Waals surface area contributed by atoms with Crippen molar-refractivity contribution in [2.24, 2.45) is 0 Å². The summed E-state index contributed by atoms with van der Waals surface area (Å²) in [6, 6.07) is -0.971. The molecule has 19 heteroatoms. The van der Waals surface area contributed by atoms with Gasteiger partial charge in [0.25, 0.3) is 0 Å². The molecule has 3 heterocycles. The van der Waals surface area contributed by atoms with Crippen molar-refractivity contribution in [3.63, 3.8) is 0 Å². The van der Waals surface area contributed by atoms with E-state index in [0.717, 1.165) is 44.9 Å². The third kappa shape index (κ3) is 43.5. The van der Waals surface area contributed by atoms with Gasteiger partial charge >= 0.3 is 0 Å². The zero-order valence-corrected chi connectivity index (χ0v) is 64.6. The lowest BCUT2D eigenvalue weighted by Crippen LogP contribution is -2.66. The normalized spacial score (nSPS) is 26.2. The number of carbonyl (C=O) groups is 1. The molecule has 3 aliphatic heterocycles. The average Bonchev–Trinajstić information content (AvgIpc) is 0.778. The van der Waals surface area contributed by atoms with Crippen LogP contribution in [-0.4, -0.2) is 193 Å². The molecule has 1 amide bonds. The van der Waals surface area contributed by atoms with E-state index in [0.29, 0.717) is 6.42 Å². The summed E-state index contributed by atoms with van der Waals surface area (Å²) >= 11 is 0. The quantitative estimate of drug-likeness (QED) is 0.0199. The zero-order valence-electron chi connectivity index (χ0n) is 64.6. The summed E-state index contributed by atoms with van der Waals surface area (Å²) in [6.45, 7) is 1.79. The van der Waals surface area contributed by atoms with Crippen LogP contribution in [0.4, 0.5) is 0 Å². The lowest BCUT2D eigenvalue weighted by molar-refractivity contribution is -0.379. The Labute approximate surface area is 619 Å². The topological polar surface area (TPSA) is 307 Å². The largest absolute Gasteiger partial charge is 0.394 e. The highest BCUT2D eigenvalue weighted by atomic mass is 16.8. The predicted molar refractivity (Wildman–Crippen MR) is 406 cm³/mol. The fraction of sp³-hybridized carbons (Fsp3) is 0.940. The maximum atomic E-state index is 13.5. The van der Waals surface area contributed by atoms with Gasteiger partial charge in [-0.1, -0.05) is 340 Å². The van der Waals surface area contributed by atoms with Crippen LogP contribution in [0.25, 0.3) is 0 Å². The molecule has 0 spiro atoms. The highest BCUT2D eigenvalue weighted by Crippen LogP contribution is 2.33. The Hall–Kier alpha value is -1.73. The molecule has 17 unspecified atom stereocenters. The summed E-state index contributed by atoms with van der Waals surface area (Å²) in [6.07, 6.45) is 51.9. The first-order valence-electron chi connectivity index (χ1n) is 42.6. The number of aliphatic hydroxyl groups is 11. The first kappa shape index (κ1) is 94.5. The molecule has 0 aliphatic carbocycles. The molecule has 3 fully saturated rings. The Morgan fingerprint density at radius 1 is 0.343 bits per heavy atom. The molecule has 0 bridgehead atoms. The molecular weight excluding hydrogens is 1300 g/mol. The van der Waals surface area contributed by atoms with E-state index in [-0.39, 0.29) is 18.9 Å². The number of amides is 1. The van der Waals surface area contributed by atoms with Gasteiger partial charge in [-0.05, 0) is 44.9 Å². The SMILES string of the molecule is CCCCCCCCCC/C=C\CCCCCCCCCCCCCCCCCCCCCCCCCCCC(=O)NC(COC1OC(CO)C(OC2OC(CO)C(OC3OC(CO)C(O)C(O)C3O)C(O)C2O)C(O)C1O)C(O)/C=C/CCCCCCCCCCCCCCCCCCCC. The van der Waals surface area contributed by atoms with Crippen LogP contribution in [0.3, 0.4) is 0 Å². The number of rotatable bonds is 69. The minimum absolute atomic E-state index is 0.249. The second-order valence-electron chi connectivity index (χ2n) is 30.6. The van der Waals surface area contributed by atoms with Crippen LogP contribution in [0.2, 0.25) is 0 Å². The lowest BCUT2D eigenvalue weighted by Gasteiger charge is -2.48. The van der Waals surface area contributed by atoms with Crippen molar-refractivity contribution in [1.82, 2.24) is 5.32 Å². The molecule has 0 saturated carbocycles. The van der Waals surface area contributed by atoms with E-state index >= 15 is 0 Å². The third-order valence-corrected chi connectivity index (χ3v) is 21.5. The second-order valence-corrected chi connectivity index (χ2v) is 30.6. The van der Waals surface area contributed by atoms with Crippen LogP contribution in [0.15, 0.2) is 24.3 Å². The fourth-order valence-electron chi connectivity index (χ4n) is 14.7. The van der Waals surface area contributed by atoms with Crippen molar-refractivity contribution in [2.45, 2.75) is 471 Å². The Morgan fingerprint density at radius 3 is 0.951 bits per heavy atom. The summed E-state index contributed by atoms with van der Waals surface area (Å²) < 4.78 is 34.5. The molecule has 3 rings (SSSR count). The number of aliphatic hydroxyl groups excluding tert-OH is 11. The molecule has 602 valence electrons. The van der Waals surface area contributed by atoms with Gasteiger partial charge in [0, 0.05) is 6.42 Å². The third-order valence-electron chi connectivity index (χ3n) is 21.5. The van der Waals surface area contributed by atoms with E-state index < -0.39 is 124 Å². The van der Waals surface area contributed by atoms with Gasteiger partial charge in [-0.15, -0.1) is 0 Å². The smallest absolute Gasteiger partial charge is 0.220 e. The molecule has 17 atom stereocenters. The Morgan fingerprint density at radius 2 is 0.618 bits per heavy atom. The molecule has 0 aromatic heterocycles. The first-order chi connectivity index (χ1) is 49.8. The highest BCUT2D eigenvalue weighted by Gasteiger charge is 2.54. The number of ether oxygens (including phenoxy) is 6. The molecule has 19 nitrogen and oxygen atoms in total. The molecular formula is C83H157NO18. The molecule has 102 heavy (non-hydrogen) atoms. The van der Waals surface area contributed by atoms with Crippen LogP contribution in [0.5, 0.6) is 0 Å². The van der Waals surface area contributed by atoms with Gasteiger partial charge < -0.3 is 89.9 Å². The predicted octanol–water partition coefficient (Wildman–Crippen LogP) is 14.9. The Balaban J connectivity index is 1.31. The maximum Gasteiger partial charge on any atom is 0.220 e. The minimum atomic E-state index is -1.98. The average molecular weight is 1460 g/mol. The van der Waals surface area contributed by atoms with E-state index in [1.54, 1.807) is 6.08 Å². The van der Waals surface area contributed by atoms with E-state index in [9.17, 15) is 61.0 Å². The summed E-state index contributed by atoms with van der Waals surface area (Å²) in [5.41, 5.74) is 0. The van der Waals surface area contributed by atoms with Crippen LogP contribution >= 0.6 is 0 Å². The standard InChI is InChI=1S/C83H157NO18/c1-3-5-7-9-11-13-15-17-19-21-23-25-26-27-28-29-30-31-32-33-34-35-36-37-38-39-40-41-43-45-47-49-51-53-55-57-59-61-71(89)84-66(67(88)60-58-56-54-52-50-48-46-44-42-24-22-20-18-16-14-12-10-8-6-4-2)65-97-81-77(95)74(92)79(69(63-86)99-81)102-83-78(96)75(93)80(70(64-87)100-83)101-82-76(94)73(91)72(90)68(62-85)98-82/h21,23,58,60,66-70,72-83,85-88,90-96H,3-20,22,24-57,59,61-65H2,1-2H3,(H,84,89)/b23-21-,60-58+. The van der Waals surface area contributed by atoms with Gasteiger partial charge in [0.15, 0.2) is 18.9 Å². The first-order valence-corrected chi connectivity index (χ1v) is 42.6. The van der Waals surface area contributed by atoms with Gasteiger partial charge in [-0.2, -0.15) is 0 Å². The van der Waals surface area contributed by atoms with Gasteiger partial charge in [0.2, 0.25) is 5.91 Å². The Bertz CT molecular complexity index is 1940. The van der Waals surface area contributed by atoms with E-state index in [4.69, 9.17) is 28.4 Å². The van der Waals surface area contributed by atoms with E-state index in [2.05, 4.69) is 31.3 Å². The lowest BCUT2D eigenvalue weighted by atomic mass is 9.96. The molecule has 3 aliphatic rings. The van der Waals surface area contributed by atoms with Crippen LogP contribution in [-0.2, 0) is 33.2 Å². The molecule has 0 radical (unpaired) electrons. The van der Waals surface area contributed by atoms with Crippen molar-refractivity contribution >= 4 is 5.91 Å². The summed E-state index contributed by atoms with van der Waals surface area (Å²) in [5.74, 6) is -0.267. The van der Waals surface area contributed by atoms with E-state index in [1.807, 2.05) is 6.08 Å². The van der Waals surface area contributed by atoms with E-state index in [1.165, 1.54) is 295 Å². The molecule has 12 N–H and O–H groups in total. The minimum Gasteiger partial charge on any atom is -0.394 e. The monoisotopic (exact) mass is 1460 g/mol. The number of allylic oxidation sites excluding steroid dienone is 3. The van der Waals surface area contributed by atoms with Crippen molar-refractivity contribution in [2.75, 3.05) is 26.4 Å². The van der Waals surface area contributed by atoms with Gasteiger partial charge in [0.1, 0.15) is 73.2 Å². The molecule has 0 aromatic rings. The summed E-state index contributed by atoms with van der Waals surface area (Å²) in [4.78, 5) is 13.5. The van der Waals surface area contributed by atoms with Crippen LogP contribution in [0.1, 0.15) is 367 Å². The van der Waals surface area contributed by atoms with Crippen molar-refractivity contribution in [3.8, 4) is 0 Å². The Kier molecular flexibility index (Phi) is 59.4. The number of hydrogen-bond acceptors (Lipinski definition) is 18. The highest BCUT2D eigenvalue weighted by molar-refractivity contribution is 5.76. The van der Waals surface area contributed by atoms with Crippen molar-refractivity contribution in [3.05, 3.63) is 24.3 Å². The number of hydrogen-bond donors (Lipinski definition) is 12. The van der Waals surface area contributed by atoms with Crippen molar-refractivity contribution in [1.29, 1.82) is 0 Å². The molecule has 3 saturated heterocycles. The fourth-order valence-corrected chi connectivity index (χ4v) is 14.7. The summed E-state index contributed by atoms with van der Waals surface area (Å²) in [7, 11) is 0. The number of unbranched alkanes of at least 4 members (excludes halogenated alkanes) is 51. The zero-order chi connectivity index (χ0) is 73.9. The van der Waals surface area contributed by atoms with Gasteiger partial charge in [-0.3, -0.25) is 4.79 Å². The van der Waals surface area contributed by atoms with Crippen LogP contribution in [0, 0.1) is 0 Å². The number of nitrogens with one attached hydrogen (secondary N) is 1. The van der Waals surface area contributed by atoms with Gasteiger partial charge in [-0.25, -0.2) is 0 Å². The van der Waals surface area contributed by atoms with Crippen molar-refractivity contribution < 1.29 is 89.4 Å². The molecule has 0 aromatic carbocycles. The van der Waals surface area contributed by atoms with Crippen LogP contribution < -0.4 is 5.32 Å². The number of carbonyl (C=O) groups excluding carboxylic acids is 1. The van der Waals surface area contributed by atoms with Gasteiger partial charge in [0.05, 0.1) is 38.6 Å². The summed E-state index contributed by atoms with van der Waals surface area (Å²) in [5, 5.41) is 121. The second kappa shape index (κ2) is 64.1. The maximum absolute atomic E-state index is 13.5.